The van der Waals surface area contributed by atoms with E-state index in [1.165, 1.54) is 6.33 Å². The fourth-order valence-electron chi connectivity index (χ4n) is 1.08. The fourth-order valence-corrected chi connectivity index (χ4v) is 1.08. The predicted octanol–water partition coefficient (Wildman–Crippen LogP) is -0.788. The van der Waals surface area contributed by atoms with Crippen molar-refractivity contribution in [1.82, 2.24) is 9.97 Å². The van der Waals surface area contributed by atoms with E-state index < -0.39 is 12.0 Å². The molecular formula is C10H16N4O3. The van der Waals surface area contributed by atoms with Crippen LogP contribution in [0.5, 0.6) is 0 Å². The van der Waals surface area contributed by atoms with Crippen molar-refractivity contribution in [2.75, 3.05) is 0 Å². The van der Waals surface area contributed by atoms with E-state index in [9.17, 15) is 9.59 Å². The van der Waals surface area contributed by atoms with E-state index in [4.69, 9.17) is 16.6 Å². The Balaban J connectivity index is 0.000000239. The van der Waals surface area contributed by atoms with Crippen LogP contribution in [0.25, 0.3) is 0 Å². The number of hydrogen-bond donors (Lipinski definition) is 4. The molecule has 2 rings (SSSR count). The van der Waals surface area contributed by atoms with Crippen LogP contribution in [0.15, 0.2) is 12.5 Å². The minimum Gasteiger partial charge on any atom is -0.480 e. The third kappa shape index (κ3) is 3.97. The summed E-state index contributed by atoms with van der Waals surface area (Å²) in [5.41, 5.74) is 11.2. The van der Waals surface area contributed by atoms with E-state index in [1.54, 1.807) is 13.1 Å². The van der Waals surface area contributed by atoms with E-state index >= 15 is 0 Å². The molecule has 94 valence electrons. The first-order chi connectivity index (χ1) is 7.93. The number of H-pyrrole nitrogens is 1. The molecule has 1 aromatic rings. The molecule has 0 amide bonds. The van der Waals surface area contributed by atoms with Crippen molar-refractivity contribution in [3.05, 3.63) is 18.2 Å². The van der Waals surface area contributed by atoms with Crippen LogP contribution in [-0.4, -0.2) is 38.9 Å². The van der Waals surface area contributed by atoms with Crippen LogP contribution in [0, 0.1) is 0 Å². The zero-order valence-electron chi connectivity index (χ0n) is 9.46. The summed E-state index contributed by atoms with van der Waals surface area (Å²) in [5.74, 6) is -1.05. The summed E-state index contributed by atoms with van der Waals surface area (Å²) in [5, 5.41) is 8.59. The van der Waals surface area contributed by atoms with Gasteiger partial charge >= 0.3 is 5.97 Å². The van der Waals surface area contributed by atoms with E-state index in [2.05, 4.69) is 9.97 Å². The maximum absolute atomic E-state index is 10.5. The Bertz CT molecular complexity index is 390. The molecule has 1 fully saturated rings. The SMILES string of the molecule is CC(c1cnc[nH]1)[C@H](N)C(=O)O.NC1CC1=O. The van der Waals surface area contributed by atoms with Gasteiger partial charge in [-0.3, -0.25) is 9.59 Å². The first-order valence-electron chi connectivity index (χ1n) is 5.18. The molecule has 1 aliphatic rings. The molecular weight excluding hydrogens is 224 g/mol. The highest BCUT2D eigenvalue weighted by molar-refractivity contribution is 5.99. The minimum atomic E-state index is -1.00. The Morgan fingerprint density at radius 2 is 2.24 bits per heavy atom. The Kier molecular flexibility index (Phi) is 4.36. The number of ketones is 1. The highest BCUT2D eigenvalue weighted by Gasteiger charge is 2.29. The molecule has 17 heavy (non-hydrogen) atoms. The van der Waals surface area contributed by atoms with Gasteiger partial charge in [0.05, 0.1) is 12.4 Å². The van der Waals surface area contributed by atoms with Crippen LogP contribution in [-0.2, 0) is 9.59 Å². The molecule has 0 aliphatic heterocycles. The first-order valence-corrected chi connectivity index (χ1v) is 5.18. The number of rotatable bonds is 3. The maximum Gasteiger partial charge on any atom is 0.321 e. The lowest BCUT2D eigenvalue weighted by molar-refractivity contribution is -0.139. The number of carboxylic acid groups (broad SMARTS) is 1. The van der Waals surface area contributed by atoms with E-state index in [0.717, 1.165) is 5.69 Å². The zero-order chi connectivity index (χ0) is 13.0. The zero-order valence-corrected chi connectivity index (χ0v) is 9.46. The smallest absolute Gasteiger partial charge is 0.321 e. The molecule has 3 atom stereocenters. The van der Waals surface area contributed by atoms with Crippen LogP contribution < -0.4 is 11.5 Å². The molecule has 7 heteroatoms. The molecule has 0 saturated heterocycles. The molecule has 0 bridgehead atoms. The van der Waals surface area contributed by atoms with Crippen molar-refractivity contribution < 1.29 is 14.7 Å². The normalized spacial score (nSPS) is 21.1. The number of carbonyl (C=O) groups is 2. The average molecular weight is 240 g/mol. The number of aromatic nitrogens is 2. The van der Waals surface area contributed by atoms with Crippen LogP contribution in [0.4, 0.5) is 0 Å². The number of nitrogens with two attached hydrogens (primary N) is 2. The van der Waals surface area contributed by atoms with Crippen LogP contribution in [0.2, 0.25) is 0 Å². The number of Topliss-reactive ketones (excluding diaryl/α,β-unsaturated/α-hetero) is 1. The number of nitrogens with one attached hydrogen (secondary N) is 1. The third-order valence-corrected chi connectivity index (χ3v) is 2.51. The van der Waals surface area contributed by atoms with Gasteiger partial charge in [0.25, 0.3) is 0 Å². The second kappa shape index (κ2) is 5.55. The van der Waals surface area contributed by atoms with Gasteiger partial charge < -0.3 is 21.6 Å². The lowest BCUT2D eigenvalue weighted by atomic mass is 10.0. The predicted molar refractivity (Wildman–Crippen MR) is 60.2 cm³/mol. The van der Waals surface area contributed by atoms with Gasteiger partial charge in [-0.1, -0.05) is 6.92 Å². The number of carbonyl (C=O) groups excluding carboxylic acids is 1. The molecule has 1 saturated carbocycles. The molecule has 0 spiro atoms. The van der Waals surface area contributed by atoms with Gasteiger partial charge in [-0.15, -0.1) is 0 Å². The number of aliphatic carboxylic acids is 1. The Hall–Kier alpha value is -1.73. The van der Waals surface area contributed by atoms with Crippen molar-refractivity contribution in [2.24, 2.45) is 11.5 Å². The van der Waals surface area contributed by atoms with Crippen molar-refractivity contribution in [1.29, 1.82) is 0 Å². The summed E-state index contributed by atoms with van der Waals surface area (Å²) in [6.07, 6.45) is 3.69. The summed E-state index contributed by atoms with van der Waals surface area (Å²) < 4.78 is 0. The highest BCUT2D eigenvalue weighted by Crippen LogP contribution is 2.14. The van der Waals surface area contributed by atoms with Crippen LogP contribution >= 0.6 is 0 Å². The molecule has 2 unspecified atom stereocenters. The molecule has 1 heterocycles. The van der Waals surface area contributed by atoms with Gasteiger partial charge in [0.1, 0.15) is 6.04 Å². The summed E-state index contributed by atoms with van der Waals surface area (Å²) in [6, 6.07) is -0.972. The largest absolute Gasteiger partial charge is 0.480 e. The summed E-state index contributed by atoms with van der Waals surface area (Å²) in [4.78, 5) is 26.8. The monoisotopic (exact) mass is 240 g/mol. The fraction of sp³-hybridized carbons (Fsp3) is 0.500. The number of hydrogen-bond acceptors (Lipinski definition) is 5. The Labute approximate surface area is 98.2 Å². The van der Waals surface area contributed by atoms with E-state index in [-0.39, 0.29) is 17.7 Å². The van der Waals surface area contributed by atoms with Crippen LogP contribution in [0.3, 0.4) is 0 Å². The Morgan fingerprint density at radius 3 is 2.53 bits per heavy atom. The van der Waals surface area contributed by atoms with Gasteiger partial charge in [0.15, 0.2) is 5.78 Å². The molecule has 7 nitrogen and oxygen atoms in total. The maximum atomic E-state index is 10.5. The third-order valence-electron chi connectivity index (χ3n) is 2.51. The molecule has 6 N–H and O–H groups in total. The lowest BCUT2D eigenvalue weighted by Crippen LogP contribution is -2.35. The standard InChI is InChI=1S/C7H11N3O2.C3H5NO/c1-4(6(8)7(11)12)5-2-9-3-10-5;4-2-1-3(2)5/h2-4,6H,8H2,1H3,(H,9,10)(H,11,12);2H,1,4H2/t4?,6-;/m0./s1. The molecule has 0 aromatic carbocycles. The summed E-state index contributed by atoms with van der Waals surface area (Å²) >= 11 is 0. The highest BCUT2D eigenvalue weighted by atomic mass is 16.4. The van der Waals surface area contributed by atoms with Crippen molar-refractivity contribution in [3.63, 3.8) is 0 Å². The van der Waals surface area contributed by atoms with Crippen molar-refractivity contribution in [2.45, 2.75) is 31.3 Å². The number of aromatic amines is 1. The van der Waals surface area contributed by atoms with Gasteiger partial charge in [-0.25, -0.2) is 4.98 Å². The number of nitrogens with zero attached hydrogens (tertiary/aromatic N) is 1. The number of imidazole rings is 1. The van der Waals surface area contributed by atoms with Gasteiger partial charge in [-0.2, -0.15) is 0 Å². The lowest BCUT2D eigenvalue weighted by Gasteiger charge is -2.13. The van der Waals surface area contributed by atoms with E-state index in [1.807, 2.05) is 0 Å². The first kappa shape index (κ1) is 13.3. The second-order valence-corrected chi connectivity index (χ2v) is 3.94. The number of carboxylic acids is 1. The summed E-state index contributed by atoms with van der Waals surface area (Å²) in [6.45, 7) is 1.74. The van der Waals surface area contributed by atoms with Crippen molar-refractivity contribution >= 4 is 11.8 Å². The average Bonchev–Trinajstić information content (AvgIpc) is 2.75. The summed E-state index contributed by atoms with van der Waals surface area (Å²) in [7, 11) is 0. The topological polar surface area (TPSA) is 135 Å². The van der Waals surface area contributed by atoms with Gasteiger partial charge in [0.2, 0.25) is 0 Å². The van der Waals surface area contributed by atoms with Crippen LogP contribution in [0.1, 0.15) is 25.0 Å². The molecule has 1 aliphatic carbocycles. The molecule has 1 aromatic heterocycles. The van der Waals surface area contributed by atoms with Gasteiger partial charge in [-0.05, 0) is 0 Å². The van der Waals surface area contributed by atoms with Gasteiger partial charge in [0, 0.05) is 24.2 Å². The van der Waals surface area contributed by atoms with Crippen molar-refractivity contribution in [3.8, 4) is 0 Å². The molecule has 0 radical (unpaired) electrons. The minimum absolute atomic E-state index is 0.0880. The quantitative estimate of drug-likeness (QED) is 0.547. The second-order valence-electron chi connectivity index (χ2n) is 3.94. The van der Waals surface area contributed by atoms with E-state index in [0.29, 0.717) is 6.42 Å². The Morgan fingerprint density at radius 1 is 1.71 bits per heavy atom.